The van der Waals surface area contributed by atoms with Crippen molar-refractivity contribution in [3.63, 3.8) is 0 Å². The van der Waals surface area contributed by atoms with Crippen molar-refractivity contribution >= 4 is 7.92 Å². The summed E-state index contributed by atoms with van der Waals surface area (Å²) in [5.74, 6) is 0. The molecule has 0 amide bonds. The Morgan fingerprint density at radius 1 is 0.667 bits per heavy atom. The highest BCUT2D eigenvalue weighted by Crippen LogP contribution is 2.64. The number of fused-ring (bicyclic) bond motifs is 2. The van der Waals surface area contributed by atoms with Gasteiger partial charge in [-0.3, -0.25) is 0 Å². The monoisotopic (exact) mass is 222 g/mol. The van der Waals surface area contributed by atoms with Crippen LogP contribution in [-0.2, 0) is 0 Å². The molecular weight excluding hydrogens is 199 g/mol. The minimum absolute atomic E-state index is 0.410. The van der Waals surface area contributed by atoms with Gasteiger partial charge in [-0.1, -0.05) is 39.3 Å². The number of hydrogen-bond donors (Lipinski definition) is 0. The Bertz CT molecular complexity index is 224. The van der Waals surface area contributed by atoms with Crippen LogP contribution in [-0.4, -0.2) is 17.0 Å². The standard InChI is InChI=1S/C14H23P/c1-2-6-12(7-3-1)15-13-8-4-5-9-14(15)11-10-13/h4-5,12-14H,1-3,6-11H2. The first kappa shape index (κ1) is 10.3. The SMILES string of the molecule is C1=CCC2CCC(C1)P2C1CCCCC1. The number of rotatable bonds is 1. The molecule has 2 fully saturated rings. The van der Waals surface area contributed by atoms with Gasteiger partial charge in [-0.2, -0.15) is 0 Å². The van der Waals surface area contributed by atoms with Gasteiger partial charge in [0.2, 0.25) is 0 Å². The van der Waals surface area contributed by atoms with E-state index in [4.69, 9.17) is 0 Å². The van der Waals surface area contributed by atoms with E-state index >= 15 is 0 Å². The lowest BCUT2D eigenvalue weighted by Gasteiger charge is -2.34. The second kappa shape index (κ2) is 4.58. The first-order valence-electron chi connectivity index (χ1n) is 6.87. The van der Waals surface area contributed by atoms with Crippen molar-refractivity contribution in [2.45, 2.75) is 74.8 Å². The third kappa shape index (κ3) is 2.03. The van der Waals surface area contributed by atoms with Gasteiger partial charge in [-0.25, -0.2) is 0 Å². The first-order chi connectivity index (χ1) is 7.45. The second-order valence-corrected chi connectivity index (χ2v) is 8.65. The molecule has 0 aromatic carbocycles. The Balaban J connectivity index is 1.74. The zero-order valence-corrected chi connectivity index (χ0v) is 10.6. The van der Waals surface area contributed by atoms with Crippen molar-refractivity contribution in [3.05, 3.63) is 12.2 Å². The van der Waals surface area contributed by atoms with Gasteiger partial charge in [-0.15, -0.1) is 0 Å². The fourth-order valence-corrected chi connectivity index (χ4v) is 8.32. The molecule has 1 saturated carbocycles. The average Bonchev–Trinajstić information content (AvgIpc) is 2.53. The summed E-state index contributed by atoms with van der Waals surface area (Å²) in [4.78, 5) is 0. The van der Waals surface area contributed by atoms with E-state index in [-0.39, 0.29) is 0 Å². The molecule has 1 saturated heterocycles. The first-order valence-corrected chi connectivity index (χ1v) is 8.42. The Kier molecular flexibility index (Phi) is 3.15. The van der Waals surface area contributed by atoms with Crippen LogP contribution >= 0.6 is 7.92 Å². The molecule has 15 heavy (non-hydrogen) atoms. The molecule has 84 valence electrons. The van der Waals surface area contributed by atoms with Crippen LogP contribution in [0.1, 0.15) is 57.8 Å². The third-order valence-electron chi connectivity index (χ3n) is 4.66. The van der Waals surface area contributed by atoms with Crippen LogP contribution in [0.25, 0.3) is 0 Å². The van der Waals surface area contributed by atoms with E-state index in [0.717, 1.165) is 11.3 Å². The van der Waals surface area contributed by atoms with Crippen molar-refractivity contribution in [1.82, 2.24) is 0 Å². The molecule has 0 aromatic rings. The molecule has 1 heteroatoms. The summed E-state index contributed by atoms with van der Waals surface area (Å²) in [5, 5.41) is 0. The smallest absolute Gasteiger partial charge is 0.0169 e. The van der Waals surface area contributed by atoms with Gasteiger partial charge in [0, 0.05) is 0 Å². The van der Waals surface area contributed by atoms with Crippen LogP contribution in [0.2, 0.25) is 0 Å². The van der Waals surface area contributed by atoms with Crippen molar-refractivity contribution < 1.29 is 0 Å². The molecule has 3 aliphatic rings. The lowest BCUT2D eigenvalue weighted by Crippen LogP contribution is -2.18. The third-order valence-corrected chi connectivity index (χ3v) is 8.64. The highest BCUT2D eigenvalue weighted by atomic mass is 31.1. The van der Waals surface area contributed by atoms with E-state index in [0.29, 0.717) is 7.92 Å². The summed E-state index contributed by atoms with van der Waals surface area (Å²) >= 11 is 0. The Hall–Kier alpha value is 0.170. The maximum atomic E-state index is 2.49. The van der Waals surface area contributed by atoms with E-state index in [1.807, 2.05) is 0 Å². The van der Waals surface area contributed by atoms with Crippen LogP contribution in [0.15, 0.2) is 12.2 Å². The van der Waals surface area contributed by atoms with Crippen molar-refractivity contribution in [3.8, 4) is 0 Å². The van der Waals surface area contributed by atoms with Crippen LogP contribution in [0.4, 0.5) is 0 Å². The van der Waals surface area contributed by atoms with Crippen molar-refractivity contribution in [2.75, 3.05) is 0 Å². The summed E-state index contributed by atoms with van der Waals surface area (Å²) in [6, 6.07) is 0. The summed E-state index contributed by atoms with van der Waals surface area (Å²) in [6.45, 7) is 0. The van der Waals surface area contributed by atoms with E-state index in [1.165, 1.54) is 37.8 Å². The molecule has 2 aliphatic heterocycles. The largest absolute Gasteiger partial charge is 0.0965 e. The lowest BCUT2D eigenvalue weighted by atomic mass is 10.0. The fraction of sp³-hybridized carbons (Fsp3) is 0.857. The Morgan fingerprint density at radius 2 is 1.27 bits per heavy atom. The van der Waals surface area contributed by atoms with Gasteiger partial charge in [-0.05, 0) is 55.5 Å². The molecule has 0 radical (unpaired) electrons. The molecule has 2 bridgehead atoms. The topological polar surface area (TPSA) is 0 Å². The highest BCUT2D eigenvalue weighted by Gasteiger charge is 2.40. The predicted molar refractivity (Wildman–Crippen MR) is 69.0 cm³/mol. The zero-order chi connectivity index (χ0) is 10.1. The summed E-state index contributed by atoms with van der Waals surface area (Å²) in [7, 11) is 0.410. The predicted octanol–water partition coefficient (Wildman–Crippen LogP) is 4.68. The van der Waals surface area contributed by atoms with Gasteiger partial charge < -0.3 is 0 Å². The normalized spacial score (nSPS) is 41.7. The Morgan fingerprint density at radius 3 is 1.87 bits per heavy atom. The maximum Gasteiger partial charge on any atom is -0.0169 e. The zero-order valence-electron chi connectivity index (χ0n) is 9.70. The quantitative estimate of drug-likeness (QED) is 0.446. The molecule has 1 aliphatic carbocycles. The van der Waals surface area contributed by atoms with Gasteiger partial charge in [0.1, 0.15) is 0 Å². The van der Waals surface area contributed by atoms with E-state index in [2.05, 4.69) is 12.2 Å². The summed E-state index contributed by atoms with van der Waals surface area (Å²) in [6.07, 6.45) is 18.7. The van der Waals surface area contributed by atoms with E-state index in [9.17, 15) is 0 Å². The van der Waals surface area contributed by atoms with Crippen LogP contribution < -0.4 is 0 Å². The molecule has 2 heterocycles. The molecule has 3 rings (SSSR count). The summed E-state index contributed by atoms with van der Waals surface area (Å²) < 4.78 is 0. The maximum absolute atomic E-state index is 2.49. The number of allylic oxidation sites excluding steroid dienone is 2. The molecule has 0 N–H and O–H groups in total. The van der Waals surface area contributed by atoms with Crippen LogP contribution in [0.3, 0.4) is 0 Å². The van der Waals surface area contributed by atoms with Gasteiger partial charge in [0.15, 0.2) is 0 Å². The molecule has 2 atom stereocenters. The van der Waals surface area contributed by atoms with Crippen molar-refractivity contribution in [2.24, 2.45) is 0 Å². The fourth-order valence-electron chi connectivity index (χ4n) is 3.94. The average molecular weight is 222 g/mol. The highest BCUT2D eigenvalue weighted by molar-refractivity contribution is 7.60. The van der Waals surface area contributed by atoms with Crippen molar-refractivity contribution in [1.29, 1.82) is 0 Å². The summed E-state index contributed by atoms with van der Waals surface area (Å²) in [5.41, 5.74) is 3.44. The minimum Gasteiger partial charge on any atom is -0.0965 e. The molecule has 0 spiro atoms. The molecular formula is C14H23P. The molecule has 2 unspecified atom stereocenters. The van der Waals surface area contributed by atoms with E-state index < -0.39 is 0 Å². The molecule has 0 nitrogen and oxygen atoms in total. The second-order valence-electron chi connectivity index (χ2n) is 5.57. The van der Waals surface area contributed by atoms with Gasteiger partial charge in [0.25, 0.3) is 0 Å². The lowest BCUT2D eigenvalue weighted by molar-refractivity contribution is 0.508. The van der Waals surface area contributed by atoms with E-state index in [1.54, 1.807) is 25.7 Å². The van der Waals surface area contributed by atoms with Gasteiger partial charge >= 0.3 is 0 Å². The Labute approximate surface area is 95.3 Å². The van der Waals surface area contributed by atoms with Crippen LogP contribution in [0, 0.1) is 0 Å². The number of hydrogen-bond acceptors (Lipinski definition) is 0. The van der Waals surface area contributed by atoms with Gasteiger partial charge in [0.05, 0.1) is 0 Å². The minimum atomic E-state index is 0.410. The van der Waals surface area contributed by atoms with Crippen LogP contribution in [0.5, 0.6) is 0 Å². The molecule has 0 aromatic heterocycles.